The Morgan fingerprint density at radius 1 is 0.973 bits per heavy atom. The van der Waals surface area contributed by atoms with Gasteiger partial charge in [-0.1, -0.05) is 84.0 Å². The van der Waals surface area contributed by atoms with Gasteiger partial charge in [0.15, 0.2) is 5.76 Å². The normalized spacial score (nSPS) is 18.0. The minimum atomic E-state index is -0.750. The molecule has 1 saturated carbocycles. The summed E-state index contributed by atoms with van der Waals surface area (Å²) in [6, 6.07) is 25.5. The summed E-state index contributed by atoms with van der Waals surface area (Å²) in [6.07, 6.45) is 0.734. The van der Waals surface area contributed by atoms with E-state index in [0.29, 0.717) is 31.7 Å². The number of cyclic esters (lactones) is 1. The Kier molecular flexibility index (Phi) is 5.56. The largest absolute Gasteiger partial charge is 0.481 e. The molecule has 1 atom stereocenters. The smallest absolute Gasteiger partial charge is 0.410 e. The zero-order valence-corrected chi connectivity index (χ0v) is 20.4. The van der Waals surface area contributed by atoms with Crippen LogP contribution in [0.3, 0.4) is 0 Å². The first kappa shape index (κ1) is 23.0. The SMILES string of the molecule is Cc1noc(-c2ccc(-c3ccc(C4(C(=O)O)CC4)cc3)cc2)c1CN1CC(c2ccccc2)OC1=O. The van der Waals surface area contributed by atoms with E-state index in [-0.39, 0.29) is 12.2 Å². The van der Waals surface area contributed by atoms with Gasteiger partial charge in [-0.25, -0.2) is 4.79 Å². The number of rotatable bonds is 7. The molecule has 0 spiro atoms. The van der Waals surface area contributed by atoms with Gasteiger partial charge in [0.1, 0.15) is 6.10 Å². The maximum Gasteiger partial charge on any atom is 0.410 e. The fourth-order valence-electron chi connectivity index (χ4n) is 5.02. The number of hydrogen-bond acceptors (Lipinski definition) is 5. The first-order valence-corrected chi connectivity index (χ1v) is 12.3. The van der Waals surface area contributed by atoms with Crippen LogP contribution >= 0.6 is 0 Å². The van der Waals surface area contributed by atoms with E-state index in [4.69, 9.17) is 9.26 Å². The van der Waals surface area contributed by atoms with Crippen LogP contribution in [-0.4, -0.2) is 33.8 Å². The van der Waals surface area contributed by atoms with E-state index in [1.165, 1.54) is 0 Å². The third kappa shape index (κ3) is 4.16. The molecule has 1 aliphatic carbocycles. The number of carbonyl (C=O) groups excluding carboxylic acids is 1. The van der Waals surface area contributed by atoms with E-state index in [1.807, 2.05) is 85.8 Å². The molecule has 1 aliphatic heterocycles. The lowest BCUT2D eigenvalue weighted by Gasteiger charge is -2.13. The molecule has 186 valence electrons. The van der Waals surface area contributed by atoms with Gasteiger partial charge < -0.3 is 14.4 Å². The molecular formula is C30H26N2O5. The molecule has 3 aromatic carbocycles. The summed E-state index contributed by atoms with van der Waals surface area (Å²) in [6.45, 7) is 2.68. The van der Waals surface area contributed by atoms with Crippen LogP contribution in [-0.2, 0) is 21.5 Å². The van der Waals surface area contributed by atoms with Crippen LogP contribution in [0.4, 0.5) is 4.79 Å². The van der Waals surface area contributed by atoms with Crippen molar-refractivity contribution in [1.82, 2.24) is 10.1 Å². The van der Waals surface area contributed by atoms with E-state index in [9.17, 15) is 14.7 Å². The molecule has 7 nitrogen and oxygen atoms in total. The van der Waals surface area contributed by atoms with Crippen molar-refractivity contribution in [3.05, 3.63) is 101 Å². The van der Waals surface area contributed by atoms with Gasteiger partial charge in [0.25, 0.3) is 0 Å². The molecular weight excluding hydrogens is 468 g/mol. The lowest BCUT2D eigenvalue weighted by atomic mass is 9.93. The number of carboxylic acid groups (broad SMARTS) is 1. The van der Waals surface area contributed by atoms with E-state index in [0.717, 1.165) is 39.1 Å². The average molecular weight is 495 g/mol. The van der Waals surface area contributed by atoms with Crippen molar-refractivity contribution in [2.75, 3.05) is 6.54 Å². The van der Waals surface area contributed by atoms with Crippen LogP contribution in [0.25, 0.3) is 22.5 Å². The van der Waals surface area contributed by atoms with Crippen molar-refractivity contribution in [2.45, 2.75) is 37.8 Å². The molecule has 2 heterocycles. The van der Waals surface area contributed by atoms with E-state index in [2.05, 4.69) is 5.16 Å². The summed E-state index contributed by atoms with van der Waals surface area (Å²) in [5, 5.41) is 13.7. The summed E-state index contributed by atoms with van der Waals surface area (Å²) < 4.78 is 11.3. The zero-order valence-electron chi connectivity index (χ0n) is 20.4. The molecule has 0 bridgehead atoms. The number of aliphatic carboxylic acids is 1. The molecule has 7 heteroatoms. The van der Waals surface area contributed by atoms with E-state index < -0.39 is 11.4 Å². The highest BCUT2D eigenvalue weighted by molar-refractivity contribution is 5.85. The summed E-state index contributed by atoms with van der Waals surface area (Å²) in [4.78, 5) is 25.9. The Hall–Kier alpha value is -4.39. The van der Waals surface area contributed by atoms with Crippen molar-refractivity contribution in [1.29, 1.82) is 0 Å². The Morgan fingerprint density at radius 3 is 2.22 bits per heavy atom. The molecule has 6 rings (SSSR count). The second-order valence-corrected chi connectivity index (χ2v) is 9.78. The van der Waals surface area contributed by atoms with Crippen LogP contribution in [0.5, 0.6) is 0 Å². The monoisotopic (exact) mass is 494 g/mol. The topological polar surface area (TPSA) is 92.9 Å². The lowest BCUT2D eigenvalue weighted by molar-refractivity contribution is -0.140. The van der Waals surface area contributed by atoms with Gasteiger partial charge in [-0.05, 0) is 42.0 Å². The molecule has 2 fully saturated rings. The first-order valence-electron chi connectivity index (χ1n) is 12.3. The third-order valence-corrected chi connectivity index (χ3v) is 7.47. The Labute approximate surface area is 214 Å². The summed E-state index contributed by atoms with van der Waals surface area (Å²) >= 11 is 0. The van der Waals surface area contributed by atoms with Gasteiger partial charge in [0, 0.05) is 11.1 Å². The lowest BCUT2D eigenvalue weighted by Crippen LogP contribution is -2.24. The van der Waals surface area contributed by atoms with Gasteiger partial charge in [-0.2, -0.15) is 0 Å². The summed E-state index contributed by atoms with van der Waals surface area (Å²) in [5.74, 6) is -0.118. The van der Waals surface area contributed by atoms with Crippen molar-refractivity contribution in [3.8, 4) is 22.5 Å². The molecule has 1 aromatic heterocycles. The van der Waals surface area contributed by atoms with Crippen LogP contribution in [0, 0.1) is 6.92 Å². The highest BCUT2D eigenvalue weighted by Gasteiger charge is 2.51. The summed E-state index contributed by atoms with van der Waals surface area (Å²) in [7, 11) is 0. The van der Waals surface area contributed by atoms with Gasteiger partial charge in [-0.15, -0.1) is 0 Å². The molecule has 1 unspecified atom stereocenters. The van der Waals surface area contributed by atoms with Crippen LogP contribution in [0.15, 0.2) is 83.4 Å². The summed E-state index contributed by atoms with van der Waals surface area (Å²) in [5.41, 5.74) is 5.61. The number of hydrogen-bond donors (Lipinski definition) is 1. The van der Waals surface area contributed by atoms with Gasteiger partial charge >= 0.3 is 12.1 Å². The van der Waals surface area contributed by atoms with Gasteiger partial charge in [-0.3, -0.25) is 9.69 Å². The second-order valence-electron chi connectivity index (χ2n) is 9.78. The average Bonchev–Trinajstić information content (AvgIpc) is 3.56. The molecule has 1 amide bonds. The van der Waals surface area contributed by atoms with Crippen LogP contribution < -0.4 is 0 Å². The van der Waals surface area contributed by atoms with E-state index in [1.54, 1.807) is 4.90 Å². The van der Waals surface area contributed by atoms with Crippen molar-refractivity contribution >= 4 is 12.1 Å². The molecule has 1 saturated heterocycles. The highest BCUT2D eigenvalue weighted by atomic mass is 16.6. The standard InChI is InChI=1S/C30H26N2O5/c1-19-25(17-32-18-26(36-29(32)35)22-5-3-2-4-6-22)27(37-31-19)23-9-7-20(8-10-23)21-11-13-24(14-12-21)30(15-16-30)28(33)34/h2-14,26H,15-18H2,1H3,(H,33,34). The highest BCUT2D eigenvalue weighted by Crippen LogP contribution is 2.48. The Balaban J connectivity index is 1.20. The van der Waals surface area contributed by atoms with Gasteiger partial charge in [0.2, 0.25) is 0 Å². The van der Waals surface area contributed by atoms with Crippen molar-refractivity contribution < 1.29 is 24.0 Å². The molecule has 37 heavy (non-hydrogen) atoms. The predicted molar refractivity (Wildman–Crippen MR) is 137 cm³/mol. The quantitative estimate of drug-likeness (QED) is 0.332. The molecule has 4 aromatic rings. The van der Waals surface area contributed by atoms with Crippen molar-refractivity contribution in [2.24, 2.45) is 0 Å². The maximum absolute atomic E-state index is 12.6. The fraction of sp³-hybridized carbons (Fsp3) is 0.233. The minimum absolute atomic E-state index is 0.298. The number of nitrogens with zero attached hydrogens (tertiary/aromatic N) is 2. The Morgan fingerprint density at radius 2 is 1.59 bits per heavy atom. The number of ether oxygens (including phenoxy) is 1. The number of carboxylic acids is 1. The van der Waals surface area contributed by atoms with Crippen LogP contribution in [0.2, 0.25) is 0 Å². The number of amides is 1. The maximum atomic E-state index is 12.6. The number of aryl methyl sites for hydroxylation is 1. The predicted octanol–water partition coefficient (Wildman–Crippen LogP) is 6.13. The molecule has 2 aliphatic rings. The third-order valence-electron chi connectivity index (χ3n) is 7.47. The van der Waals surface area contributed by atoms with Crippen molar-refractivity contribution in [3.63, 3.8) is 0 Å². The first-order chi connectivity index (χ1) is 17.9. The molecule has 0 radical (unpaired) electrons. The fourth-order valence-corrected chi connectivity index (χ4v) is 5.02. The van der Waals surface area contributed by atoms with Gasteiger partial charge in [0.05, 0.1) is 24.2 Å². The number of carbonyl (C=O) groups is 2. The zero-order chi connectivity index (χ0) is 25.6. The molecule has 1 N–H and O–H groups in total. The van der Waals surface area contributed by atoms with E-state index >= 15 is 0 Å². The number of benzene rings is 3. The Bertz CT molecular complexity index is 1450. The van der Waals surface area contributed by atoms with Crippen LogP contribution in [0.1, 0.15) is 41.3 Å². The second kappa shape index (κ2) is 8.92. The minimum Gasteiger partial charge on any atom is -0.481 e. The number of aromatic nitrogens is 1.